The van der Waals surface area contributed by atoms with E-state index in [1.807, 2.05) is 6.92 Å². The van der Waals surface area contributed by atoms with Gasteiger partial charge in [-0.25, -0.2) is 5.11 Å². The summed E-state index contributed by atoms with van der Waals surface area (Å²) in [4.78, 5) is 0. The van der Waals surface area contributed by atoms with E-state index in [9.17, 15) is 35.7 Å². The Hall–Kier alpha value is -0.760. The lowest BCUT2D eigenvalue weighted by molar-refractivity contribution is -0.374. The molecule has 19 heteroatoms. The summed E-state index contributed by atoms with van der Waals surface area (Å²) in [5.74, 6) is 0. The van der Waals surface area contributed by atoms with Gasteiger partial charge >= 0.3 is 0 Å². The number of rotatable bonds is 12. The van der Waals surface area contributed by atoms with Crippen LogP contribution < -0.4 is 0 Å². The maximum absolute atomic E-state index is 11.8. The first-order valence-electron chi connectivity index (χ1n) is 17.9. The summed E-state index contributed by atoms with van der Waals surface area (Å²) in [6, 6.07) is 0. The standard InChI is InChI=1S/C33H57O19/c1-12-27(16(35)8-20(36)44-12)49-21-9-17(41-5)28(13(2)45-21)50-22-10-18(42-6)29(14(3)46-22)51-33-26(40)31(43-7)30(15(4)47-33)52-32-25(39)24(38)23(37)19(11-34)48-32/h12-35,37-40H,8-11H2,1-7H3/t12-,13-,14-,15-,16-,17+,18-,19-,20?,21+,22+,23-,24+,25-,26-,27-,28-,29-,30-,31-,32+,33+/m1/s1. The van der Waals surface area contributed by atoms with Crippen molar-refractivity contribution in [3.05, 3.63) is 0 Å². The highest BCUT2D eigenvalue weighted by Gasteiger charge is 2.53. The monoisotopic (exact) mass is 757 g/mol. The van der Waals surface area contributed by atoms with Crippen LogP contribution >= 0.6 is 0 Å². The fourth-order valence-corrected chi connectivity index (χ4v) is 7.65. The minimum Gasteiger partial charge on any atom is -0.394 e. The number of aliphatic hydroxyl groups is 6. The van der Waals surface area contributed by atoms with Crippen LogP contribution in [0.2, 0.25) is 0 Å². The van der Waals surface area contributed by atoms with Crippen molar-refractivity contribution in [2.75, 3.05) is 27.9 Å². The van der Waals surface area contributed by atoms with Crippen LogP contribution in [0, 0.1) is 0 Å². The molecule has 5 aliphatic rings. The van der Waals surface area contributed by atoms with Crippen molar-refractivity contribution in [1.29, 1.82) is 0 Å². The third kappa shape index (κ3) is 9.26. The zero-order valence-electron chi connectivity index (χ0n) is 30.5. The fraction of sp³-hybridized carbons (Fsp3) is 1.00. The molecule has 0 aromatic rings. The molecular weight excluding hydrogens is 700 g/mol. The van der Waals surface area contributed by atoms with E-state index in [2.05, 4.69) is 0 Å². The van der Waals surface area contributed by atoms with Crippen LogP contribution in [0.4, 0.5) is 0 Å². The molecule has 6 N–H and O–H groups in total. The highest BCUT2D eigenvalue weighted by Crippen LogP contribution is 2.36. The fourth-order valence-electron chi connectivity index (χ4n) is 7.65. The third-order valence-electron chi connectivity index (χ3n) is 10.6. The first-order valence-corrected chi connectivity index (χ1v) is 17.9. The Morgan fingerprint density at radius 3 is 1.56 bits per heavy atom. The molecule has 0 aromatic carbocycles. The summed E-state index contributed by atoms with van der Waals surface area (Å²) in [6.45, 7) is 6.26. The Kier molecular flexibility index (Phi) is 15.0. The van der Waals surface area contributed by atoms with Crippen LogP contribution in [0.1, 0.15) is 47.0 Å². The van der Waals surface area contributed by atoms with Crippen molar-refractivity contribution in [3.8, 4) is 0 Å². The Morgan fingerprint density at radius 2 is 1.02 bits per heavy atom. The number of aliphatic hydroxyl groups excluding tert-OH is 6. The predicted molar refractivity (Wildman–Crippen MR) is 170 cm³/mol. The zero-order chi connectivity index (χ0) is 38.0. The second-order valence-electron chi connectivity index (χ2n) is 14.1. The van der Waals surface area contributed by atoms with E-state index < -0.39 is 142 Å². The topological polar surface area (TPSA) is 252 Å². The average molecular weight is 758 g/mol. The maximum Gasteiger partial charge on any atom is 0.194 e. The summed E-state index contributed by atoms with van der Waals surface area (Å²) in [7, 11) is 4.42. The molecule has 1 unspecified atom stereocenters. The molecule has 0 spiro atoms. The largest absolute Gasteiger partial charge is 0.394 e. The van der Waals surface area contributed by atoms with Crippen LogP contribution in [-0.2, 0) is 61.9 Å². The summed E-state index contributed by atoms with van der Waals surface area (Å²) in [5, 5.41) is 73.9. The average Bonchev–Trinajstić information content (AvgIpc) is 3.10. The molecule has 0 amide bonds. The quantitative estimate of drug-likeness (QED) is 0.122. The van der Waals surface area contributed by atoms with Gasteiger partial charge in [-0.15, -0.1) is 0 Å². The second-order valence-corrected chi connectivity index (χ2v) is 14.1. The lowest BCUT2D eigenvalue weighted by Gasteiger charge is -2.48. The van der Waals surface area contributed by atoms with Gasteiger partial charge in [-0.3, -0.25) is 0 Å². The van der Waals surface area contributed by atoms with E-state index >= 15 is 0 Å². The SMILES string of the molecule is CO[C@@H]1[C@@H](O)[C@H](O[C@@H]2[C@@H](C)O[C@@H](O[C@H]3[C@@H](OC)C[C@H](O[C@H]4[C@H](O)CC([O])O[C@@H]4C)O[C@@H]3C)C[C@H]2OC)O[C@H](C)[C@H]1O[C@@H]1O[C@H](CO)[C@@H](O)[C@H](O)[C@H]1O. The van der Waals surface area contributed by atoms with Gasteiger partial charge < -0.3 is 87.5 Å². The number of ether oxygens (including phenoxy) is 12. The van der Waals surface area contributed by atoms with Gasteiger partial charge in [0.2, 0.25) is 0 Å². The Bertz CT molecular complexity index is 1080. The predicted octanol–water partition coefficient (Wildman–Crippen LogP) is -2.33. The second kappa shape index (κ2) is 18.5. The molecule has 52 heavy (non-hydrogen) atoms. The van der Waals surface area contributed by atoms with Crippen LogP contribution in [-0.4, -0.2) is 194 Å². The van der Waals surface area contributed by atoms with Gasteiger partial charge in [0.25, 0.3) is 0 Å². The number of hydrogen-bond acceptors (Lipinski definition) is 18. The van der Waals surface area contributed by atoms with E-state index in [-0.39, 0.29) is 19.3 Å². The number of hydrogen-bond donors (Lipinski definition) is 6. The van der Waals surface area contributed by atoms with E-state index in [4.69, 9.17) is 56.8 Å². The van der Waals surface area contributed by atoms with Crippen LogP contribution in [0.15, 0.2) is 0 Å². The van der Waals surface area contributed by atoms with Crippen molar-refractivity contribution in [3.63, 3.8) is 0 Å². The van der Waals surface area contributed by atoms with Crippen molar-refractivity contribution in [1.82, 2.24) is 0 Å². The zero-order valence-corrected chi connectivity index (χ0v) is 30.5. The van der Waals surface area contributed by atoms with Gasteiger partial charge in [-0.05, 0) is 27.7 Å². The molecular formula is C33H57O19. The van der Waals surface area contributed by atoms with Gasteiger partial charge in [0.1, 0.15) is 61.0 Å². The van der Waals surface area contributed by atoms with Gasteiger partial charge in [0.05, 0.1) is 49.3 Å². The molecule has 5 heterocycles. The van der Waals surface area contributed by atoms with Crippen LogP contribution in [0.25, 0.3) is 0 Å². The first kappa shape index (κ1) is 42.4. The summed E-state index contributed by atoms with van der Waals surface area (Å²) < 4.78 is 71.0. The molecule has 0 saturated carbocycles. The third-order valence-corrected chi connectivity index (χ3v) is 10.6. The molecule has 5 aliphatic heterocycles. The molecule has 5 saturated heterocycles. The Balaban J connectivity index is 1.17. The van der Waals surface area contributed by atoms with Crippen LogP contribution in [0.5, 0.6) is 0 Å². The van der Waals surface area contributed by atoms with Crippen molar-refractivity contribution >= 4 is 0 Å². The van der Waals surface area contributed by atoms with Gasteiger partial charge in [-0.2, -0.15) is 0 Å². The normalized spacial score (nSPS) is 52.0. The van der Waals surface area contributed by atoms with E-state index in [0.717, 1.165) is 0 Å². The molecule has 5 rings (SSSR count). The van der Waals surface area contributed by atoms with E-state index in [1.54, 1.807) is 27.9 Å². The molecule has 0 aromatic heterocycles. The Morgan fingerprint density at radius 1 is 0.519 bits per heavy atom. The molecule has 0 bridgehead atoms. The first-order chi connectivity index (χ1) is 24.7. The molecule has 22 atom stereocenters. The molecule has 5 fully saturated rings. The van der Waals surface area contributed by atoms with E-state index in [0.29, 0.717) is 0 Å². The minimum atomic E-state index is -1.66. The van der Waals surface area contributed by atoms with Gasteiger partial charge in [0, 0.05) is 40.6 Å². The highest BCUT2D eigenvalue weighted by molar-refractivity contribution is 4.95. The lowest BCUT2D eigenvalue weighted by Crippen LogP contribution is -2.65. The smallest absolute Gasteiger partial charge is 0.194 e. The molecule has 19 nitrogen and oxygen atoms in total. The van der Waals surface area contributed by atoms with Crippen molar-refractivity contribution < 1.29 is 92.6 Å². The number of methoxy groups -OCH3 is 3. The summed E-state index contributed by atoms with van der Waals surface area (Å²) in [5.41, 5.74) is 0. The minimum absolute atomic E-state index is 0.0857. The molecule has 303 valence electrons. The van der Waals surface area contributed by atoms with Crippen LogP contribution in [0.3, 0.4) is 0 Å². The summed E-state index contributed by atoms with van der Waals surface area (Å²) in [6.07, 6.45) is -21.2. The highest BCUT2D eigenvalue weighted by atomic mass is 16.8. The van der Waals surface area contributed by atoms with E-state index in [1.165, 1.54) is 14.2 Å². The van der Waals surface area contributed by atoms with Crippen molar-refractivity contribution in [2.24, 2.45) is 0 Å². The summed E-state index contributed by atoms with van der Waals surface area (Å²) >= 11 is 0. The maximum atomic E-state index is 11.8. The molecule has 0 aliphatic carbocycles. The van der Waals surface area contributed by atoms with Gasteiger partial charge in [-0.1, -0.05) is 0 Å². The molecule has 1 radical (unpaired) electrons. The Labute approximate surface area is 302 Å². The van der Waals surface area contributed by atoms with Crippen molar-refractivity contribution in [2.45, 2.75) is 182 Å². The lowest BCUT2D eigenvalue weighted by atomic mass is 9.96. The van der Waals surface area contributed by atoms with Gasteiger partial charge in [0.15, 0.2) is 31.5 Å².